The Morgan fingerprint density at radius 2 is 1.50 bits per heavy atom. The van der Waals surface area contributed by atoms with Crippen molar-refractivity contribution in [1.82, 2.24) is 0 Å². The molecule has 1 atom stereocenters. The summed E-state index contributed by atoms with van der Waals surface area (Å²) in [5, 5.41) is 0. The number of carbonyl (C=O) groups excluding carboxylic acids is 5. The van der Waals surface area contributed by atoms with Crippen LogP contribution in [0.5, 0.6) is 0 Å². The summed E-state index contributed by atoms with van der Waals surface area (Å²) >= 11 is 0. The molecule has 86 valence electrons. The largest absolute Gasteiger partial charge is 0.299 e. The summed E-state index contributed by atoms with van der Waals surface area (Å²) in [6.07, 6.45) is -0.340. The summed E-state index contributed by atoms with van der Waals surface area (Å²) in [5.41, 5.74) is -2.21. The van der Waals surface area contributed by atoms with Crippen molar-refractivity contribution in [2.24, 2.45) is 11.3 Å². The van der Waals surface area contributed by atoms with Crippen LogP contribution in [0.4, 0.5) is 0 Å². The first-order chi connectivity index (χ1) is 7.26. The normalized spacial score (nSPS) is 23.3. The van der Waals surface area contributed by atoms with E-state index in [0.29, 0.717) is 0 Å². The van der Waals surface area contributed by atoms with E-state index >= 15 is 0 Å². The third kappa shape index (κ3) is 1.35. The van der Waals surface area contributed by atoms with Crippen LogP contribution in [0.3, 0.4) is 0 Å². The van der Waals surface area contributed by atoms with Gasteiger partial charge in [-0.2, -0.15) is 0 Å². The molecule has 0 amide bonds. The van der Waals surface area contributed by atoms with Crippen molar-refractivity contribution < 1.29 is 24.0 Å². The Bertz CT molecular complexity index is 404. The van der Waals surface area contributed by atoms with Gasteiger partial charge in [0, 0.05) is 6.42 Å². The molecule has 1 saturated carbocycles. The standard InChI is InChI=1S/C11H12O5/c1-5(12)8-4-9(15)11(6(2)13,7(3)14)10(8)16/h8H,4H2,1-3H3. The molecule has 1 unspecified atom stereocenters. The minimum atomic E-state index is -2.21. The molecule has 0 aliphatic heterocycles. The van der Waals surface area contributed by atoms with E-state index in [1.54, 1.807) is 0 Å². The van der Waals surface area contributed by atoms with Gasteiger partial charge in [-0.25, -0.2) is 0 Å². The molecule has 0 saturated heterocycles. The first-order valence-corrected chi connectivity index (χ1v) is 4.86. The number of hydrogen-bond donors (Lipinski definition) is 0. The van der Waals surface area contributed by atoms with Crippen LogP contribution in [0.15, 0.2) is 0 Å². The maximum Gasteiger partial charge on any atom is 0.203 e. The Morgan fingerprint density at radius 3 is 1.69 bits per heavy atom. The molecule has 5 heteroatoms. The zero-order chi connectivity index (χ0) is 12.7. The molecule has 1 aliphatic rings. The SMILES string of the molecule is CC(=O)C1CC(=O)C(C(C)=O)(C(C)=O)C1=O. The summed E-state index contributed by atoms with van der Waals surface area (Å²) in [4.78, 5) is 57.6. The summed E-state index contributed by atoms with van der Waals surface area (Å²) in [7, 11) is 0. The third-order valence-electron chi connectivity index (χ3n) is 3.04. The van der Waals surface area contributed by atoms with Crippen molar-refractivity contribution in [3.05, 3.63) is 0 Å². The molecule has 0 aromatic heterocycles. The average molecular weight is 224 g/mol. The Balaban J connectivity index is 3.38. The monoisotopic (exact) mass is 224 g/mol. The molecule has 0 heterocycles. The second-order valence-electron chi connectivity index (χ2n) is 4.02. The Labute approximate surface area is 92.2 Å². The first-order valence-electron chi connectivity index (χ1n) is 4.86. The molecule has 1 fully saturated rings. The molecule has 16 heavy (non-hydrogen) atoms. The van der Waals surface area contributed by atoms with Crippen LogP contribution in [0.2, 0.25) is 0 Å². The first kappa shape index (κ1) is 12.4. The predicted octanol–water partition coefficient (Wildman–Crippen LogP) is -0.102. The van der Waals surface area contributed by atoms with E-state index in [1.165, 1.54) is 6.92 Å². The van der Waals surface area contributed by atoms with Gasteiger partial charge >= 0.3 is 0 Å². The topological polar surface area (TPSA) is 85.3 Å². The highest BCUT2D eigenvalue weighted by Gasteiger charge is 2.62. The van der Waals surface area contributed by atoms with Gasteiger partial charge in [0.15, 0.2) is 23.1 Å². The minimum absolute atomic E-state index is 0.340. The summed E-state index contributed by atoms with van der Waals surface area (Å²) in [6, 6.07) is 0. The molecule has 1 rings (SSSR count). The molecule has 1 aliphatic carbocycles. The number of rotatable bonds is 3. The molecule has 0 radical (unpaired) electrons. The van der Waals surface area contributed by atoms with Gasteiger partial charge in [-0.05, 0) is 20.8 Å². The molecule has 0 bridgehead atoms. The van der Waals surface area contributed by atoms with Crippen molar-refractivity contribution >= 4 is 28.9 Å². The zero-order valence-electron chi connectivity index (χ0n) is 9.33. The number of hydrogen-bond acceptors (Lipinski definition) is 5. The Hall–Kier alpha value is -1.65. The maximum absolute atomic E-state index is 11.9. The van der Waals surface area contributed by atoms with Crippen molar-refractivity contribution in [3.63, 3.8) is 0 Å². The fraction of sp³-hybridized carbons (Fsp3) is 0.545. The van der Waals surface area contributed by atoms with Gasteiger partial charge in [0.05, 0.1) is 5.92 Å². The predicted molar refractivity (Wildman–Crippen MR) is 52.6 cm³/mol. The van der Waals surface area contributed by atoms with E-state index in [4.69, 9.17) is 0 Å². The van der Waals surface area contributed by atoms with E-state index in [2.05, 4.69) is 0 Å². The maximum atomic E-state index is 11.9. The number of ketones is 5. The second-order valence-corrected chi connectivity index (χ2v) is 4.02. The van der Waals surface area contributed by atoms with Crippen LogP contribution in [0.1, 0.15) is 27.2 Å². The van der Waals surface area contributed by atoms with Crippen LogP contribution in [0.25, 0.3) is 0 Å². The van der Waals surface area contributed by atoms with Gasteiger partial charge < -0.3 is 0 Å². The van der Waals surface area contributed by atoms with Gasteiger partial charge in [-0.15, -0.1) is 0 Å². The van der Waals surface area contributed by atoms with E-state index in [-0.39, 0.29) is 6.42 Å². The molecule has 0 aromatic carbocycles. The molecule has 5 nitrogen and oxygen atoms in total. The summed E-state index contributed by atoms with van der Waals surface area (Å²) < 4.78 is 0. The Morgan fingerprint density at radius 1 is 1.06 bits per heavy atom. The van der Waals surface area contributed by atoms with Crippen molar-refractivity contribution in [2.75, 3.05) is 0 Å². The highest BCUT2D eigenvalue weighted by molar-refractivity contribution is 6.43. The second kappa shape index (κ2) is 3.73. The van der Waals surface area contributed by atoms with Crippen LogP contribution in [-0.2, 0) is 24.0 Å². The van der Waals surface area contributed by atoms with Crippen LogP contribution >= 0.6 is 0 Å². The van der Waals surface area contributed by atoms with Gasteiger partial charge in [0.25, 0.3) is 0 Å². The summed E-state index contributed by atoms with van der Waals surface area (Å²) in [5.74, 6) is -4.82. The van der Waals surface area contributed by atoms with Gasteiger partial charge in [-0.1, -0.05) is 0 Å². The highest BCUT2D eigenvalue weighted by Crippen LogP contribution is 2.37. The van der Waals surface area contributed by atoms with E-state index in [9.17, 15) is 24.0 Å². The lowest BCUT2D eigenvalue weighted by molar-refractivity contribution is -0.150. The van der Waals surface area contributed by atoms with Crippen molar-refractivity contribution in [2.45, 2.75) is 27.2 Å². The van der Waals surface area contributed by atoms with Gasteiger partial charge in [0.1, 0.15) is 5.78 Å². The highest BCUT2D eigenvalue weighted by atomic mass is 16.2. The van der Waals surface area contributed by atoms with Gasteiger partial charge in [0.2, 0.25) is 5.41 Å². The van der Waals surface area contributed by atoms with E-state index in [0.717, 1.165) is 13.8 Å². The lowest BCUT2D eigenvalue weighted by atomic mass is 9.76. The molecule has 0 spiro atoms. The van der Waals surface area contributed by atoms with E-state index in [1.807, 2.05) is 0 Å². The molecular formula is C11H12O5. The third-order valence-corrected chi connectivity index (χ3v) is 3.04. The molecular weight excluding hydrogens is 212 g/mol. The van der Waals surface area contributed by atoms with Crippen LogP contribution in [0, 0.1) is 11.3 Å². The fourth-order valence-electron chi connectivity index (χ4n) is 2.15. The zero-order valence-corrected chi connectivity index (χ0v) is 9.33. The number of Topliss-reactive ketones (excluding diaryl/α,β-unsaturated/α-hetero) is 5. The smallest absolute Gasteiger partial charge is 0.203 e. The average Bonchev–Trinajstić information content (AvgIpc) is 2.38. The van der Waals surface area contributed by atoms with Gasteiger partial charge in [-0.3, -0.25) is 24.0 Å². The molecule has 0 aromatic rings. The lowest BCUT2D eigenvalue weighted by Gasteiger charge is -2.19. The van der Waals surface area contributed by atoms with Crippen LogP contribution in [-0.4, -0.2) is 28.9 Å². The summed E-state index contributed by atoms with van der Waals surface area (Å²) in [6.45, 7) is 3.23. The van der Waals surface area contributed by atoms with E-state index < -0.39 is 40.2 Å². The number of carbonyl (C=O) groups is 5. The van der Waals surface area contributed by atoms with Crippen LogP contribution < -0.4 is 0 Å². The Kier molecular flexibility index (Phi) is 2.90. The van der Waals surface area contributed by atoms with Crippen molar-refractivity contribution in [3.8, 4) is 0 Å². The fourth-order valence-corrected chi connectivity index (χ4v) is 2.15. The quantitative estimate of drug-likeness (QED) is 0.625. The van der Waals surface area contributed by atoms with Crippen molar-refractivity contribution in [1.29, 1.82) is 0 Å². The minimum Gasteiger partial charge on any atom is -0.299 e. The molecule has 0 N–H and O–H groups in total. The lowest BCUT2D eigenvalue weighted by Crippen LogP contribution is -2.47.